The third-order valence-corrected chi connectivity index (χ3v) is 2.25. The topological polar surface area (TPSA) is 78.4 Å². The summed E-state index contributed by atoms with van der Waals surface area (Å²) < 4.78 is 0. The van der Waals surface area contributed by atoms with Crippen LogP contribution >= 0.6 is 0 Å². The summed E-state index contributed by atoms with van der Waals surface area (Å²) in [7, 11) is 0. The average Bonchev–Trinajstić information content (AvgIpc) is 2.22. The third-order valence-electron chi connectivity index (χ3n) is 2.25. The van der Waals surface area contributed by atoms with Crippen LogP contribution in [0.1, 0.15) is 11.1 Å². The van der Waals surface area contributed by atoms with Crippen LogP contribution in [0, 0.1) is 13.8 Å². The van der Waals surface area contributed by atoms with Crippen molar-refractivity contribution in [1.29, 1.82) is 0 Å². The fraction of sp³-hybridized carbons (Fsp3) is 0.273. The van der Waals surface area contributed by atoms with Crippen molar-refractivity contribution in [2.75, 3.05) is 11.9 Å². The Morgan fingerprint density at radius 2 is 2.00 bits per heavy atom. The largest absolute Gasteiger partial charge is 0.480 e. The van der Waals surface area contributed by atoms with Gasteiger partial charge < -0.3 is 15.7 Å². The van der Waals surface area contributed by atoms with Crippen molar-refractivity contribution >= 4 is 17.7 Å². The third kappa shape index (κ3) is 3.27. The predicted octanol–water partition coefficient (Wildman–Crippen LogP) is 1.51. The maximum absolute atomic E-state index is 11.3. The lowest BCUT2D eigenvalue weighted by atomic mass is 10.1. The SMILES string of the molecule is Cc1cccc(NC(=O)NCC(=O)O)c1C. The number of hydrogen-bond donors (Lipinski definition) is 3. The summed E-state index contributed by atoms with van der Waals surface area (Å²) >= 11 is 0. The molecule has 0 aromatic heterocycles. The van der Waals surface area contributed by atoms with Crippen molar-refractivity contribution in [3.8, 4) is 0 Å². The summed E-state index contributed by atoms with van der Waals surface area (Å²) in [6.45, 7) is 3.44. The van der Waals surface area contributed by atoms with Gasteiger partial charge >= 0.3 is 12.0 Å². The van der Waals surface area contributed by atoms with Crippen molar-refractivity contribution in [1.82, 2.24) is 5.32 Å². The first-order chi connectivity index (χ1) is 7.50. The number of carbonyl (C=O) groups excluding carboxylic acids is 1. The number of carbonyl (C=O) groups is 2. The number of nitrogens with one attached hydrogen (secondary N) is 2. The molecule has 86 valence electrons. The first-order valence-electron chi connectivity index (χ1n) is 4.83. The van der Waals surface area contributed by atoms with Gasteiger partial charge in [0.15, 0.2) is 0 Å². The molecule has 0 spiro atoms. The molecule has 1 aromatic rings. The van der Waals surface area contributed by atoms with Gasteiger partial charge in [-0.2, -0.15) is 0 Å². The predicted molar refractivity (Wildman–Crippen MR) is 60.6 cm³/mol. The first-order valence-corrected chi connectivity index (χ1v) is 4.83. The van der Waals surface area contributed by atoms with E-state index in [1.807, 2.05) is 26.0 Å². The Morgan fingerprint density at radius 3 is 2.62 bits per heavy atom. The second-order valence-corrected chi connectivity index (χ2v) is 3.45. The maximum atomic E-state index is 11.3. The van der Waals surface area contributed by atoms with Crippen LogP contribution in [0.4, 0.5) is 10.5 Å². The number of carboxylic acids is 1. The molecule has 1 aromatic carbocycles. The van der Waals surface area contributed by atoms with Crippen molar-refractivity contribution in [3.05, 3.63) is 29.3 Å². The number of aryl methyl sites for hydroxylation is 1. The molecule has 0 heterocycles. The molecule has 5 heteroatoms. The summed E-state index contributed by atoms with van der Waals surface area (Å²) in [6, 6.07) is 5.02. The van der Waals surface area contributed by atoms with Gasteiger partial charge in [0.05, 0.1) is 0 Å². The van der Waals surface area contributed by atoms with Crippen molar-refractivity contribution < 1.29 is 14.7 Å². The molecule has 16 heavy (non-hydrogen) atoms. The molecule has 0 radical (unpaired) electrons. The lowest BCUT2D eigenvalue weighted by Crippen LogP contribution is -2.33. The molecular formula is C11H14N2O3. The Hall–Kier alpha value is -2.04. The van der Waals surface area contributed by atoms with Gasteiger partial charge in [-0.1, -0.05) is 12.1 Å². The molecular weight excluding hydrogens is 208 g/mol. The van der Waals surface area contributed by atoms with E-state index in [1.54, 1.807) is 6.07 Å². The lowest BCUT2D eigenvalue weighted by Gasteiger charge is -2.10. The minimum absolute atomic E-state index is 0.392. The monoisotopic (exact) mass is 222 g/mol. The molecule has 3 N–H and O–H groups in total. The van der Waals surface area contributed by atoms with Crippen LogP contribution in [-0.2, 0) is 4.79 Å². The number of rotatable bonds is 3. The second kappa shape index (κ2) is 5.16. The summed E-state index contributed by atoms with van der Waals surface area (Å²) in [5.74, 6) is -1.07. The van der Waals surface area contributed by atoms with Gasteiger partial charge in [-0.25, -0.2) is 4.79 Å². The number of urea groups is 1. The summed E-state index contributed by atoms with van der Waals surface area (Å²) in [6.07, 6.45) is 0. The zero-order valence-corrected chi connectivity index (χ0v) is 9.20. The second-order valence-electron chi connectivity index (χ2n) is 3.45. The minimum atomic E-state index is -1.07. The molecule has 0 unspecified atom stereocenters. The van der Waals surface area contributed by atoms with Gasteiger partial charge in [0.25, 0.3) is 0 Å². The van der Waals surface area contributed by atoms with Crippen LogP contribution in [0.2, 0.25) is 0 Å². The van der Waals surface area contributed by atoms with Crippen LogP contribution in [0.15, 0.2) is 18.2 Å². The molecule has 5 nitrogen and oxygen atoms in total. The van der Waals surface area contributed by atoms with Crippen LogP contribution in [0.3, 0.4) is 0 Å². The highest BCUT2D eigenvalue weighted by atomic mass is 16.4. The average molecular weight is 222 g/mol. The number of amides is 2. The first kappa shape index (κ1) is 12.0. The highest BCUT2D eigenvalue weighted by molar-refractivity contribution is 5.92. The van der Waals surface area contributed by atoms with E-state index in [-0.39, 0.29) is 0 Å². The number of benzene rings is 1. The number of hydrogen-bond acceptors (Lipinski definition) is 2. The molecule has 1 rings (SSSR count). The van der Waals surface area contributed by atoms with Gasteiger partial charge in [0.1, 0.15) is 6.54 Å². The summed E-state index contributed by atoms with van der Waals surface area (Å²) in [5.41, 5.74) is 2.71. The molecule has 0 fully saturated rings. The van der Waals surface area contributed by atoms with E-state index in [2.05, 4.69) is 10.6 Å². The zero-order chi connectivity index (χ0) is 12.1. The standard InChI is InChI=1S/C11H14N2O3/c1-7-4-3-5-9(8(7)2)13-11(16)12-6-10(14)15/h3-5H,6H2,1-2H3,(H,14,15)(H2,12,13,16). The molecule has 0 aliphatic heterocycles. The van der Waals surface area contributed by atoms with E-state index >= 15 is 0 Å². The molecule has 0 aliphatic carbocycles. The van der Waals surface area contributed by atoms with Gasteiger partial charge in [0.2, 0.25) is 0 Å². The Morgan fingerprint density at radius 1 is 1.31 bits per heavy atom. The van der Waals surface area contributed by atoms with Crippen LogP contribution < -0.4 is 10.6 Å². The van der Waals surface area contributed by atoms with E-state index in [1.165, 1.54) is 0 Å². The molecule has 0 saturated carbocycles. The number of anilines is 1. The van der Waals surface area contributed by atoms with Crippen LogP contribution in [0.25, 0.3) is 0 Å². The fourth-order valence-electron chi connectivity index (χ4n) is 1.21. The van der Waals surface area contributed by atoms with Gasteiger partial charge in [-0.05, 0) is 31.0 Å². The van der Waals surface area contributed by atoms with Crippen molar-refractivity contribution in [2.24, 2.45) is 0 Å². The molecule has 0 atom stereocenters. The molecule has 0 aliphatic rings. The number of carboxylic acid groups (broad SMARTS) is 1. The molecule has 2 amide bonds. The van der Waals surface area contributed by atoms with E-state index in [4.69, 9.17) is 5.11 Å². The molecule has 0 bridgehead atoms. The van der Waals surface area contributed by atoms with Crippen LogP contribution in [-0.4, -0.2) is 23.7 Å². The minimum Gasteiger partial charge on any atom is -0.480 e. The van der Waals surface area contributed by atoms with Gasteiger partial charge in [0, 0.05) is 5.69 Å². The highest BCUT2D eigenvalue weighted by Crippen LogP contribution is 2.17. The smallest absolute Gasteiger partial charge is 0.323 e. The van der Waals surface area contributed by atoms with Gasteiger partial charge in [-0.3, -0.25) is 4.79 Å². The van der Waals surface area contributed by atoms with Crippen molar-refractivity contribution in [2.45, 2.75) is 13.8 Å². The Labute approximate surface area is 93.5 Å². The van der Waals surface area contributed by atoms with E-state index in [0.29, 0.717) is 5.69 Å². The number of aliphatic carboxylic acids is 1. The fourth-order valence-corrected chi connectivity index (χ4v) is 1.21. The normalized spacial score (nSPS) is 9.62. The van der Waals surface area contributed by atoms with Crippen molar-refractivity contribution in [3.63, 3.8) is 0 Å². The van der Waals surface area contributed by atoms with Gasteiger partial charge in [-0.15, -0.1) is 0 Å². The maximum Gasteiger partial charge on any atom is 0.323 e. The highest BCUT2D eigenvalue weighted by Gasteiger charge is 2.06. The Bertz CT molecular complexity index is 416. The Kier molecular flexibility index (Phi) is 3.88. The van der Waals surface area contributed by atoms with E-state index < -0.39 is 18.5 Å². The lowest BCUT2D eigenvalue weighted by molar-refractivity contribution is -0.135. The summed E-state index contributed by atoms with van der Waals surface area (Å²) in [4.78, 5) is 21.5. The van der Waals surface area contributed by atoms with E-state index in [9.17, 15) is 9.59 Å². The zero-order valence-electron chi connectivity index (χ0n) is 9.20. The van der Waals surface area contributed by atoms with E-state index in [0.717, 1.165) is 11.1 Å². The van der Waals surface area contributed by atoms with Crippen LogP contribution in [0.5, 0.6) is 0 Å². The molecule has 0 saturated heterocycles. The quantitative estimate of drug-likeness (QED) is 0.725. The Balaban J connectivity index is 2.63. The summed E-state index contributed by atoms with van der Waals surface area (Å²) in [5, 5.41) is 13.2.